The van der Waals surface area contributed by atoms with Gasteiger partial charge in [-0.2, -0.15) is 0 Å². The Bertz CT molecular complexity index is 1830. The minimum absolute atomic E-state index is 0.838. The molecule has 0 bridgehead atoms. The Labute approximate surface area is 210 Å². The Kier molecular flexibility index (Phi) is 4.78. The Hall–Kier alpha value is -4.56. The maximum Gasteiger partial charge on any atom is 0.0570 e. The third-order valence-corrected chi connectivity index (χ3v) is 7.26. The van der Waals surface area contributed by atoms with Gasteiger partial charge in [-0.25, -0.2) is 0 Å². The monoisotopic (exact) mass is 462 g/mol. The Morgan fingerprint density at radius 1 is 0.750 bits per heavy atom. The molecule has 0 amide bonds. The van der Waals surface area contributed by atoms with E-state index in [2.05, 4.69) is 137 Å². The zero-order valence-corrected chi connectivity index (χ0v) is 20.1. The predicted octanol–water partition coefficient (Wildman–Crippen LogP) is 8.82. The maximum atomic E-state index is 4.14. The molecule has 0 saturated heterocycles. The Morgan fingerprint density at radius 3 is 2.28 bits per heavy atom. The van der Waals surface area contributed by atoms with Crippen molar-refractivity contribution in [3.05, 3.63) is 139 Å². The van der Waals surface area contributed by atoms with Crippen LogP contribution in [-0.2, 0) is 6.54 Å². The summed E-state index contributed by atoms with van der Waals surface area (Å²) >= 11 is 0. The Morgan fingerprint density at radius 2 is 1.50 bits per heavy atom. The molecule has 0 unspecified atom stereocenters. The molecule has 0 radical (unpaired) electrons. The lowest BCUT2D eigenvalue weighted by molar-refractivity contribution is 0.838. The fourth-order valence-electron chi connectivity index (χ4n) is 5.64. The highest BCUT2D eigenvalue weighted by Crippen LogP contribution is 2.43. The number of fused-ring (bicyclic) bond motifs is 4. The number of rotatable bonds is 4. The van der Waals surface area contributed by atoms with Gasteiger partial charge in [0.1, 0.15) is 0 Å². The lowest BCUT2D eigenvalue weighted by atomic mass is 9.96. The van der Waals surface area contributed by atoms with Gasteiger partial charge in [-0.05, 0) is 41.8 Å². The Balaban J connectivity index is 1.61. The maximum absolute atomic E-state index is 4.14. The first-order valence-electron chi connectivity index (χ1n) is 12.5. The molecule has 0 atom stereocenters. The van der Waals surface area contributed by atoms with Crippen LogP contribution in [0.2, 0.25) is 0 Å². The third-order valence-electron chi connectivity index (χ3n) is 7.26. The smallest absolute Gasteiger partial charge is 0.0570 e. The largest absolute Gasteiger partial charge is 0.343 e. The van der Waals surface area contributed by atoms with Gasteiger partial charge in [0.2, 0.25) is 0 Å². The van der Waals surface area contributed by atoms with Crippen molar-refractivity contribution in [3.63, 3.8) is 0 Å². The van der Waals surface area contributed by atoms with E-state index in [4.69, 9.17) is 0 Å². The van der Waals surface area contributed by atoms with Crippen LogP contribution < -0.4 is 0 Å². The van der Waals surface area contributed by atoms with Crippen LogP contribution in [0.15, 0.2) is 134 Å². The number of aromatic nitrogens is 2. The molecule has 4 aromatic carbocycles. The summed E-state index contributed by atoms with van der Waals surface area (Å²) in [6.07, 6.45) is 9.75. The molecule has 36 heavy (non-hydrogen) atoms. The molecule has 0 N–H and O–H groups in total. The molecule has 0 spiro atoms. The van der Waals surface area contributed by atoms with Crippen LogP contribution in [0.3, 0.4) is 0 Å². The van der Waals surface area contributed by atoms with Crippen molar-refractivity contribution in [1.82, 2.24) is 9.13 Å². The summed E-state index contributed by atoms with van der Waals surface area (Å²) in [5.41, 5.74) is 9.94. The first-order chi connectivity index (χ1) is 17.8. The highest BCUT2D eigenvalue weighted by Gasteiger charge is 2.21. The number of benzene rings is 4. The fraction of sp³-hybridized carbons (Fsp3) is 0.0588. The van der Waals surface area contributed by atoms with Gasteiger partial charge in [-0.1, -0.05) is 103 Å². The van der Waals surface area contributed by atoms with E-state index in [0.717, 1.165) is 18.5 Å². The van der Waals surface area contributed by atoms with E-state index in [0.29, 0.717) is 0 Å². The normalized spacial score (nSPS) is 13.7. The molecule has 2 heteroatoms. The van der Waals surface area contributed by atoms with E-state index < -0.39 is 0 Å². The summed E-state index contributed by atoms with van der Waals surface area (Å²) in [6.45, 7) is 4.98. The van der Waals surface area contributed by atoms with E-state index in [1.807, 2.05) is 0 Å². The highest BCUT2D eigenvalue weighted by molar-refractivity contribution is 6.23. The van der Waals surface area contributed by atoms with Gasteiger partial charge >= 0.3 is 0 Å². The second-order valence-corrected chi connectivity index (χ2v) is 9.56. The summed E-state index contributed by atoms with van der Waals surface area (Å²) in [4.78, 5) is 0. The van der Waals surface area contributed by atoms with Crippen LogP contribution in [0.4, 0.5) is 0 Å². The summed E-state index contributed by atoms with van der Waals surface area (Å²) in [6, 6.07) is 35.0. The lowest BCUT2D eigenvalue weighted by Crippen LogP contribution is -2.00. The van der Waals surface area contributed by atoms with E-state index in [1.165, 1.54) is 55.1 Å². The van der Waals surface area contributed by atoms with Gasteiger partial charge < -0.3 is 9.13 Å². The summed E-state index contributed by atoms with van der Waals surface area (Å²) in [7, 11) is 0. The summed E-state index contributed by atoms with van der Waals surface area (Å²) in [5, 5.41) is 3.83. The number of hydrogen-bond acceptors (Lipinski definition) is 0. The zero-order valence-electron chi connectivity index (χ0n) is 20.1. The second kappa shape index (κ2) is 8.28. The molecule has 1 aliphatic rings. The van der Waals surface area contributed by atoms with E-state index in [9.17, 15) is 0 Å². The number of allylic oxidation sites excluding steroid dienone is 5. The van der Waals surface area contributed by atoms with E-state index in [1.54, 1.807) is 0 Å². The SMILES string of the molecule is C=C1C=CC(n2c3ccccc3c3c(-c4ccccc4)c4c(ccn4Cc4ccccc4)cc32)=CC1. The van der Waals surface area contributed by atoms with Crippen LogP contribution in [0.1, 0.15) is 12.0 Å². The van der Waals surface area contributed by atoms with Crippen molar-refractivity contribution in [2.75, 3.05) is 0 Å². The average molecular weight is 463 g/mol. The molecule has 6 aromatic rings. The molecule has 2 heterocycles. The van der Waals surface area contributed by atoms with Gasteiger partial charge in [0, 0.05) is 40.2 Å². The minimum atomic E-state index is 0.838. The van der Waals surface area contributed by atoms with Gasteiger partial charge in [0.25, 0.3) is 0 Å². The lowest BCUT2D eigenvalue weighted by Gasteiger charge is -2.15. The van der Waals surface area contributed by atoms with Crippen LogP contribution in [0.25, 0.3) is 49.5 Å². The molecule has 172 valence electrons. The van der Waals surface area contributed by atoms with Crippen LogP contribution >= 0.6 is 0 Å². The first-order valence-corrected chi connectivity index (χ1v) is 12.5. The zero-order chi connectivity index (χ0) is 24.1. The van der Waals surface area contributed by atoms with E-state index in [-0.39, 0.29) is 0 Å². The number of nitrogens with zero attached hydrogens (tertiary/aromatic N) is 2. The van der Waals surface area contributed by atoms with Crippen molar-refractivity contribution < 1.29 is 0 Å². The van der Waals surface area contributed by atoms with Gasteiger partial charge in [0.05, 0.1) is 16.6 Å². The van der Waals surface area contributed by atoms with E-state index >= 15 is 0 Å². The van der Waals surface area contributed by atoms with Crippen molar-refractivity contribution in [3.8, 4) is 11.1 Å². The standard InChI is InChI=1S/C34H26N2/c1-24-16-18-28(19-17-24)36-30-15-9-8-14-29(30)33-31(36)22-27-20-21-35(23-25-10-4-2-5-11-25)34(27)32(33)26-12-6-3-7-13-26/h2-16,18-22H,1,17,23H2. The average Bonchev–Trinajstić information content (AvgIpc) is 3.48. The first kappa shape index (κ1) is 20.8. The van der Waals surface area contributed by atoms with Gasteiger partial charge in [-0.15, -0.1) is 0 Å². The molecule has 7 rings (SSSR count). The quantitative estimate of drug-likeness (QED) is 0.248. The van der Waals surface area contributed by atoms with Crippen molar-refractivity contribution in [2.24, 2.45) is 0 Å². The van der Waals surface area contributed by atoms with Crippen molar-refractivity contribution in [2.45, 2.75) is 13.0 Å². The van der Waals surface area contributed by atoms with Crippen molar-refractivity contribution in [1.29, 1.82) is 0 Å². The summed E-state index contributed by atoms with van der Waals surface area (Å²) in [5.74, 6) is 0. The molecule has 0 fully saturated rings. The summed E-state index contributed by atoms with van der Waals surface area (Å²) < 4.78 is 4.83. The molecule has 0 aliphatic heterocycles. The fourth-order valence-corrected chi connectivity index (χ4v) is 5.64. The minimum Gasteiger partial charge on any atom is -0.343 e. The number of hydrogen-bond donors (Lipinski definition) is 0. The molecule has 1 aliphatic carbocycles. The predicted molar refractivity (Wildman–Crippen MR) is 153 cm³/mol. The molecule has 2 aromatic heterocycles. The second-order valence-electron chi connectivity index (χ2n) is 9.56. The molecular weight excluding hydrogens is 436 g/mol. The topological polar surface area (TPSA) is 9.86 Å². The third kappa shape index (κ3) is 3.26. The van der Waals surface area contributed by atoms with Crippen LogP contribution in [0.5, 0.6) is 0 Å². The number of para-hydroxylation sites is 1. The molecular formula is C34H26N2. The molecule has 2 nitrogen and oxygen atoms in total. The van der Waals surface area contributed by atoms with Crippen LogP contribution in [0, 0.1) is 0 Å². The van der Waals surface area contributed by atoms with Crippen molar-refractivity contribution >= 4 is 38.4 Å². The molecule has 0 saturated carbocycles. The highest BCUT2D eigenvalue weighted by atomic mass is 15.0. The van der Waals surface area contributed by atoms with Gasteiger partial charge in [0.15, 0.2) is 0 Å². The van der Waals surface area contributed by atoms with Crippen LogP contribution in [-0.4, -0.2) is 9.13 Å². The van der Waals surface area contributed by atoms with Gasteiger partial charge in [-0.3, -0.25) is 0 Å².